The SMILES string of the molecule is COC1(c2cccc(C(C)=O)c2)C2CCCC1CN(CC(F)(F)F)C2. The first kappa shape index (κ1) is 18.4. The fourth-order valence-electron chi connectivity index (χ4n) is 4.81. The highest BCUT2D eigenvalue weighted by Crippen LogP contribution is 2.51. The molecule has 0 radical (unpaired) electrons. The number of hydrogen-bond acceptors (Lipinski definition) is 3. The van der Waals surface area contributed by atoms with E-state index in [0.717, 1.165) is 24.8 Å². The minimum Gasteiger partial charge on any atom is -0.373 e. The monoisotopic (exact) mass is 355 g/mol. The van der Waals surface area contributed by atoms with Crippen LogP contribution in [0.1, 0.15) is 42.1 Å². The van der Waals surface area contributed by atoms with Gasteiger partial charge in [-0.05, 0) is 31.4 Å². The molecule has 1 saturated carbocycles. The summed E-state index contributed by atoms with van der Waals surface area (Å²) in [7, 11) is 1.64. The zero-order valence-corrected chi connectivity index (χ0v) is 14.6. The second-order valence-electron chi connectivity index (χ2n) is 7.27. The van der Waals surface area contributed by atoms with E-state index in [0.29, 0.717) is 18.7 Å². The molecule has 1 saturated heterocycles. The molecule has 6 heteroatoms. The van der Waals surface area contributed by atoms with E-state index >= 15 is 0 Å². The molecule has 2 aliphatic rings. The topological polar surface area (TPSA) is 29.5 Å². The lowest BCUT2D eigenvalue weighted by Crippen LogP contribution is -2.60. The Bertz CT molecular complexity index is 630. The summed E-state index contributed by atoms with van der Waals surface area (Å²) in [5.41, 5.74) is 0.931. The van der Waals surface area contributed by atoms with Crippen molar-refractivity contribution in [1.82, 2.24) is 4.90 Å². The summed E-state index contributed by atoms with van der Waals surface area (Å²) in [5, 5.41) is 0. The summed E-state index contributed by atoms with van der Waals surface area (Å²) in [4.78, 5) is 13.3. The molecule has 1 aliphatic carbocycles. The Kier molecular flexibility index (Phi) is 4.95. The van der Waals surface area contributed by atoms with Gasteiger partial charge in [0.2, 0.25) is 0 Å². The molecule has 2 atom stereocenters. The Morgan fingerprint density at radius 3 is 2.44 bits per heavy atom. The van der Waals surface area contributed by atoms with Crippen molar-refractivity contribution in [3.8, 4) is 0 Å². The minimum absolute atomic E-state index is 0.00504. The van der Waals surface area contributed by atoms with Gasteiger partial charge >= 0.3 is 6.18 Å². The highest BCUT2D eigenvalue weighted by molar-refractivity contribution is 5.94. The first-order valence-electron chi connectivity index (χ1n) is 8.72. The van der Waals surface area contributed by atoms with E-state index in [2.05, 4.69) is 0 Å². The van der Waals surface area contributed by atoms with Gasteiger partial charge in [0, 0.05) is 37.6 Å². The van der Waals surface area contributed by atoms with Crippen molar-refractivity contribution in [2.75, 3.05) is 26.7 Å². The lowest BCUT2D eigenvalue weighted by molar-refractivity contribution is -0.197. The highest BCUT2D eigenvalue weighted by atomic mass is 19.4. The van der Waals surface area contributed by atoms with Crippen molar-refractivity contribution < 1.29 is 22.7 Å². The molecular weight excluding hydrogens is 331 g/mol. The van der Waals surface area contributed by atoms with Crippen molar-refractivity contribution in [2.24, 2.45) is 11.8 Å². The number of carbonyl (C=O) groups is 1. The highest BCUT2D eigenvalue weighted by Gasteiger charge is 2.54. The summed E-state index contributed by atoms with van der Waals surface area (Å²) in [6.07, 6.45) is -1.51. The zero-order chi connectivity index (χ0) is 18.2. The molecule has 1 heterocycles. The van der Waals surface area contributed by atoms with Crippen LogP contribution in [0.25, 0.3) is 0 Å². The van der Waals surface area contributed by atoms with E-state index in [4.69, 9.17) is 4.74 Å². The van der Waals surface area contributed by atoms with E-state index in [-0.39, 0.29) is 17.6 Å². The van der Waals surface area contributed by atoms with E-state index in [1.165, 1.54) is 11.8 Å². The van der Waals surface area contributed by atoms with Crippen LogP contribution in [0.3, 0.4) is 0 Å². The van der Waals surface area contributed by atoms with E-state index in [1.807, 2.05) is 18.2 Å². The van der Waals surface area contributed by atoms with E-state index in [1.54, 1.807) is 13.2 Å². The molecule has 0 spiro atoms. The minimum atomic E-state index is -4.18. The predicted molar refractivity (Wildman–Crippen MR) is 88.5 cm³/mol. The third-order valence-corrected chi connectivity index (χ3v) is 5.74. The fourth-order valence-corrected chi connectivity index (χ4v) is 4.81. The molecule has 3 nitrogen and oxygen atoms in total. The van der Waals surface area contributed by atoms with Crippen molar-refractivity contribution in [3.05, 3.63) is 35.4 Å². The van der Waals surface area contributed by atoms with E-state index < -0.39 is 18.3 Å². The predicted octanol–water partition coefficient (Wildman–Crippen LogP) is 4.03. The Balaban J connectivity index is 1.96. The Morgan fingerprint density at radius 1 is 1.28 bits per heavy atom. The third kappa shape index (κ3) is 3.47. The van der Waals surface area contributed by atoms with Gasteiger partial charge in [0.05, 0.1) is 6.54 Å². The zero-order valence-electron chi connectivity index (χ0n) is 14.6. The molecular formula is C19H24F3NO2. The average molecular weight is 355 g/mol. The van der Waals surface area contributed by atoms with Gasteiger partial charge in [-0.15, -0.1) is 0 Å². The number of Topliss-reactive ketones (excluding diaryl/α,β-unsaturated/α-hetero) is 1. The molecule has 3 rings (SSSR count). The normalized spacial score (nSPS) is 30.3. The number of likely N-dealkylation sites (tertiary alicyclic amines) is 1. The standard InChI is InChI=1S/C19H24F3NO2/c1-13(24)14-5-3-6-15(9-14)19(25-2)16-7-4-8-17(19)11-23(10-16)12-18(20,21)22/h3,5-6,9,16-17H,4,7-8,10-12H2,1-2H3. The molecule has 0 amide bonds. The van der Waals surface area contributed by atoms with Gasteiger partial charge in [0.15, 0.2) is 5.78 Å². The van der Waals surface area contributed by atoms with Crippen molar-refractivity contribution in [1.29, 1.82) is 0 Å². The van der Waals surface area contributed by atoms with Crippen molar-refractivity contribution >= 4 is 5.78 Å². The summed E-state index contributed by atoms with van der Waals surface area (Å²) in [6, 6.07) is 7.41. The second-order valence-corrected chi connectivity index (χ2v) is 7.27. The summed E-state index contributed by atoms with van der Waals surface area (Å²) in [6.45, 7) is 1.39. The van der Waals surface area contributed by atoms with Crippen LogP contribution in [0.4, 0.5) is 13.2 Å². The Hall–Kier alpha value is -1.40. The molecule has 1 aliphatic heterocycles. The molecule has 138 valence electrons. The molecule has 2 bridgehead atoms. The maximum atomic E-state index is 12.8. The third-order valence-electron chi connectivity index (χ3n) is 5.74. The number of nitrogens with zero attached hydrogens (tertiary/aromatic N) is 1. The number of piperidine rings is 1. The number of ketones is 1. The van der Waals surface area contributed by atoms with Gasteiger partial charge in [0.25, 0.3) is 0 Å². The maximum absolute atomic E-state index is 12.8. The molecule has 0 aromatic heterocycles. The first-order valence-corrected chi connectivity index (χ1v) is 8.72. The van der Waals surface area contributed by atoms with Gasteiger partial charge in [-0.1, -0.05) is 24.6 Å². The number of alkyl halides is 3. The van der Waals surface area contributed by atoms with Crippen LogP contribution in [0.5, 0.6) is 0 Å². The number of methoxy groups -OCH3 is 1. The Morgan fingerprint density at radius 2 is 1.92 bits per heavy atom. The van der Waals surface area contributed by atoms with Crippen LogP contribution in [0.2, 0.25) is 0 Å². The molecule has 2 unspecified atom stereocenters. The van der Waals surface area contributed by atoms with Crippen LogP contribution in [-0.2, 0) is 10.3 Å². The lowest BCUT2D eigenvalue weighted by atomic mass is 9.62. The van der Waals surface area contributed by atoms with Gasteiger partial charge in [-0.25, -0.2) is 0 Å². The van der Waals surface area contributed by atoms with Gasteiger partial charge in [-0.2, -0.15) is 13.2 Å². The maximum Gasteiger partial charge on any atom is 0.401 e. The summed E-state index contributed by atoms with van der Waals surface area (Å²) in [5.74, 6) is -0.0307. The van der Waals surface area contributed by atoms with Crippen LogP contribution in [0, 0.1) is 11.8 Å². The largest absolute Gasteiger partial charge is 0.401 e. The van der Waals surface area contributed by atoms with Crippen LogP contribution in [0.15, 0.2) is 24.3 Å². The molecule has 1 aromatic carbocycles. The van der Waals surface area contributed by atoms with Crippen LogP contribution < -0.4 is 0 Å². The smallest absolute Gasteiger partial charge is 0.373 e. The number of ether oxygens (including phenoxy) is 1. The summed E-state index contributed by atoms with van der Waals surface area (Å²) < 4.78 is 44.6. The first-order chi connectivity index (χ1) is 11.8. The number of carbonyl (C=O) groups excluding carboxylic acids is 1. The van der Waals surface area contributed by atoms with Gasteiger partial charge in [-0.3, -0.25) is 9.69 Å². The van der Waals surface area contributed by atoms with Gasteiger partial charge < -0.3 is 4.74 Å². The number of hydrogen-bond donors (Lipinski definition) is 0. The van der Waals surface area contributed by atoms with E-state index in [9.17, 15) is 18.0 Å². The quantitative estimate of drug-likeness (QED) is 0.764. The number of rotatable bonds is 4. The fraction of sp³-hybridized carbons (Fsp3) is 0.632. The van der Waals surface area contributed by atoms with Gasteiger partial charge in [0.1, 0.15) is 5.60 Å². The molecule has 25 heavy (non-hydrogen) atoms. The number of fused-ring (bicyclic) bond motifs is 2. The Labute approximate surface area is 146 Å². The lowest BCUT2D eigenvalue weighted by Gasteiger charge is -2.55. The van der Waals surface area contributed by atoms with Crippen LogP contribution in [-0.4, -0.2) is 43.6 Å². The van der Waals surface area contributed by atoms with Crippen molar-refractivity contribution in [3.63, 3.8) is 0 Å². The molecule has 1 aromatic rings. The summed E-state index contributed by atoms with van der Waals surface area (Å²) >= 11 is 0. The number of halogens is 3. The molecule has 2 fully saturated rings. The average Bonchev–Trinajstić information content (AvgIpc) is 2.52. The number of benzene rings is 1. The van der Waals surface area contributed by atoms with Crippen LogP contribution >= 0.6 is 0 Å². The molecule has 0 N–H and O–H groups in total. The second kappa shape index (κ2) is 6.72. The van der Waals surface area contributed by atoms with Crippen molar-refractivity contribution in [2.45, 2.75) is 38.0 Å².